The molecule has 0 saturated carbocycles. The quantitative estimate of drug-likeness (QED) is 0.399. The van der Waals surface area contributed by atoms with Crippen LogP contribution in [0, 0.1) is 5.41 Å². The molecule has 2 N–H and O–H groups in total. The Morgan fingerprint density at radius 1 is 1.67 bits per heavy atom. The van der Waals surface area contributed by atoms with Crippen molar-refractivity contribution in [3.63, 3.8) is 0 Å². The highest BCUT2D eigenvalue weighted by Gasteiger charge is 2.16. The Hall–Kier alpha value is -0.510. The summed E-state index contributed by atoms with van der Waals surface area (Å²) in [6.07, 6.45) is 1.45. The number of hydrogen-bond acceptors (Lipinski definition) is 5. The SMILES string of the molecule is CCCOP(=O)(O)OC.N=C=O. The van der Waals surface area contributed by atoms with Crippen LogP contribution in [0.15, 0.2) is 0 Å². The molecule has 0 aliphatic rings. The predicted molar refractivity (Wildman–Crippen MR) is 41.5 cm³/mol. The lowest BCUT2D eigenvalue weighted by atomic mass is 10.5. The van der Waals surface area contributed by atoms with Gasteiger partial charge in [0.15, 0.2) is 0 Å². The Morgan fingerprint density at radius 2 is 2.08 bits per heavy atom. The zero-order chi connectivity index (χ0) is 10.0. The maximum Gasteiger partial charge on any atom is 0.471 e. The summed E-state index contributed by atoms with van der Waals surface area (Å²) in [6, 6.07) is 0. The second-order valence-electron chi connectivity index (χ2n) is 1.59. The van der Waals surface area contributed by atoms with Crippen LogP contribution in [-0.4, -0.2) is 24.7 Å². The summed E-state index contributed by atoms with van der Waals surface area (Å²) in [5.41, 5.74) is 0. The zero-order valence-electron chi connectivity index (χ0n) is 6.94. The maximum absolute atomic E-state index is 10.5. The molecule has 0 heterocycles. The molecule has 0 spiro atoms. The summed E-state index contributed by atoms with van der Waals surface area (Å²) in [6.45, 7) is 2.09. The van der Waals surface area contributed by atoms with Crippen LogP contribution in [0.3, 0.4) is 0 Å². The van der Waals surface area contributed by atoms with Crippen LogP contribution in [0.2, 0.25) is 0 Å². The minimum absolute atomic E-state index is 0.252. The van der Waals surface area contributed by atoms with Gasteiger partial charge in [0.05, 0.1) is 6.61 Å². The van der Waals surface area contributed by atoms with Gasteiger partial charge in [-0.15, -0.1) is 0 Å². The Bertz CT molecular complexity index is 177. The van der Waals surface area contributed by atoms with E-state index in [1.807, 2.05) is 6.92 Å². The highest BCUT2D eigenvalue weighted by molar-refractivity contribution is 7.47. The van der Waals surface area contributed by atoms with E-state index in [-0.39, 0.29) is 6.61 Å². The normalized spacial score (nSPS) is 13.6. The maximum atomic E-state index is 10.5. The summed E-state index contributed by atoms with van der Waals surface area (Å²) >= 11 is 0. The van der Waals surface area contributed by atoms with E-state index in [1.165, 1.54) is 0 Å². The Balaban J connectivity index is 0. The molecule has 0 bridgehead atoms. The first-order valence-corrected chi connectivity index (χ1v) is 4.60. The second kappa shape index (κ2) is 8.59. The molecule has 7 heteroatoms. The number of phosphoric ester groups is 1. The van der Waals surface area contributed by atoms with Crippen LogP contribution < -0.4 is 0 Å². The van der Waals surface area contributed by atoms with Crippen LogP contribution >= 0.6 is 7.82 Å². The third kappa shape index (κ3) is 12.2. The van der Waals surface area contributed by atoms with Gasteiger partial charge in [0.2, 0.25) is 6.08 Å². The first-order valence-electron chi connectivity index (χ1n) is 3.11. The van der Waals surface area contributed by atoms with Gasteiger partial charge < -0.3 is 4.89 Å². The monoisotopic (exact) mass is 197 g/mol. The topological polar surface area (TPSA) is 96.7 Å². The molecule has 6 nitrogen and oxygen atoms in total. The first-order chi connectivity index (χ1) is 5.54. The van der Waals surface area contributed by atoms with Crippen LogP contribution in [0.4, 0.5) is 0 Å². The van der Waals surface area contributed by atoms with Crippen molar-refractivity contribution in [1.29, 1.82) is 5.41 Å². The molecule has 12 heavy (non-hydrogen) atoms. The van der Waals surface area contributed by atoms with Crippen molar-refractivity contribution in [2.24, 2.45) is 0 Å². The van der Waals surface area contributed by atoms with Crippen LogP contribution in [-0.2, 0) is 18.4 Å². The minimum atomic E-state index is -3.69. The van der Waals surface area contributed by atoms with E-state index in [0.29, 0.717) is 6.42 Å². The lowest BCUT2D eigenvalue weighted by Gasteiger charge is -2.06. The summed E-state index contributed by atoms with van der Waals surface area (Å²) < 4.78 is 19.0. The summed E-state index contributed by atoms with van der Waals surface area (Å²) in [7, 11) is -2.55. The molecule has 0 amide bonds. The molecular weight excluding hydrogens is 185 g/mol. The standard InChI is InChI=1S/C4H11O4P.CHNO/c1-3-4-8-9(5,6)7-2;2-1-3/h3-4H2,1-2H3,(H,5,6);2H. The molecule has 0 radical (unpaired) electrons. The molecule has 1 unspecified atom stereocenters. The van der Waals surface area contributed by atoms with Crippen LogP contribution in [0.25, 0.3) is 0 Å². The fraction of sp³-hybridized carbons (Fsp3) is 0.800. The number of hydrogen-bond donors (Lipinski definition) is 2. The lowest BCUT2D eigenvalue weighted by molar-refractivity contribution is 0.173. The van der Waals surface area contributed by atoms with E-state index in [0.717, 1.165) is 13.2 Å². The molecule has 0 fully saturated rings. The second-order valence-corrected chi connectivity index (χ2v) is 3.15. The van der Waals surface area contributed by atoms with Gasteiger partial charge in [-0.1, -0.05) is 6.92 Å². The zero-order valence-corrected chi connectivity index (χ0v) is 7.84. The van der Waals surface area contributed by atoms with Crippen molar-refractivity contribution in [2.75, 3.05) is 13.7 Å². The van der Waals surface area contributed by atoms with E-state index in [4.69, 9.17) is 15.1 Å². The fourth-order valence-electron chi connectivity index (χ4n) is 0.259. The van der Waals surface area contributed by atoms with E-state index in [9.17, 15) is 4.57 Å². The molecule has 0 aliphatic heterocycles. The molecule has 0 aromatic rings. The van der Waals surface area contributed by atoms with Gasteiger partial charge in [-0.25, -0.2) is 14.8 Å². The Kier molecular flexibility index (Phi) is 10.0. The van der Waals surface area contributed by atoms with Crippen molar-refractivity contribution >= 4 is 13.9 Å². The van der Waals surface area contributed by atoms with E-state index in [1.54, 1.807) is 0 Å². The highest BCUT2D eigenvalue weighted by atomic mass is 31.2. The number of phosphoric acid groups is 1. The van der Waals surface area contributed by atoms with Gasteiger partial charge >= 0.3 is 7.82 Å². The number of nitrogens with one attached hydrogen (secondary N) is 1. The van der Waals surface area contributed by atoms with Crippen molar-refractivity contribution in [2.45, 2.75) is 13.3 Å². The largest absolute Gasteiger partial charge is 0.471 e. The molecule has 1 atom stereocenters. The van der Waals surface area contributed by atoms with Crippen molar-refractivity contribution < 1.29 is 23.3 Å². The summed E-state index contributed by atoms with van der Waals surface area (Å²) in [5.74, 6) is 0. The van der Waals surface area contributed by atoms with Crippen molar-refractivity contribution in [3.8, 4) is 0 Å². The molecule has 0 rings (SSSR count). The fourth-order valence-corrected chi connectivity index (χ4v) is 0.778. The van der Waals surface area contributed by atoms with Gasteiger partial charge in [-0.2, -0.15) is 0 Å². The van der Waals surface area contributed by atoms with Crippen LogP contribution in [0.5, 0.6) is 0 Å². The molecule has 0 aromatic carbocycles. The average Bonchev–Trinajstić information content (AvgIpc) is 2.03. The van der Waals surface area contributed by atoms with Crippen molar-refractivity contribution in [1.82, 2.24) is 0 Å². The summed E-state index contributed by atoms with van der Waals surface area (Å²) in [4.78, 5) is 16.9. The molecule has 0 aromatic heterocycles. The lowest BCUT2D eigenvalue weighted by Crippen LogP contribution is -1.91. The van der Waals surface area contributed by atoms with Crippen molar-refractivity contribution in [3.05, 3.63) is 0 Å². The smallest absolute Gasteiger partial charge is 0.303 e. The number of isocyanates is 1. The molecule has 0 aliphatic carbocycles. The Morgan fingerprint density at radius 3 is 2.33 bits per heavy atom. The van der Waals surface area contributed by atoms with E-state index < -0.39 is 7.82 Å². The first kappa shape index (κ1) is 14.0. The van der Waals surface area contributed by atoms with E-state index >= 15 is 0 Å². The van der Waals surface area contributed by atoms with Gasteiger partial charge in [0.1, 0.15) is 0 Å². The average molecular weight is 197 g/mol. The van der Waals surface area contributed by atoms with Gasteiger partial charge in [0, 0.05) is 7.11 Å². The Labute approximate surface area is 70.6 Å². The third-order valence-corrected chi connectivity index (χ3v) is 1.66. The van der Waals surface area contributed by atoms with Gasteiger partial charge in [-0.05, 0) is 6.42 Å². The number of carbonyl (C=O) groups excluding carboxylic acids is 1. The molecular formula is C5H12NO5P. The van der Waals surface area contributed by atoms with Gasteiger partial charge in [-0.3, -0.25) is 9.05 Å². The molecule has 0 saturated heterocycles. The third-order valence-electron chi connectivity index (χ3n) is 0.689. The van der Waals surface area contributed by atoms with Crippen LogP contribution in [0.1, 0.15) is 13.3 Å². The predicted octanol–water partition coefficient (Wildman–Crippen LogP) is 1.06. The van der Waals surface area contributed by atoms with Gasteiger partial charge in [0.25, 0.3) is 0 Å². The van der Waals surface area contributed by atoms with E-state index in [2.05, 4.69) is 9.05 Å². The molecule has 72 valence electrons. The highest BCUT2D eigenvalue weighted by Crippen LogP contribution is 2.41. The number of rotatable bonds is 4. The summed E-state index contributed by atoms with van der Waals surface area (Å²) in [5, 5.41) is 5.40. The minimum Gasteiger partial charge on any atom is -0.303 e.